The Morgan fingerprint density at radius 2 is 1.67 bits per heavy atom. The first-order valence-corrected chi connectivity index (χ1v) is 14.9. The zero-order chi connectivity index (χ0) is 30.4. The number of nitrogens with zero attached hydrogens (tertiary/aromatic N) is 2. The van der Waals surface area contributed by atoms with E-state index >= 15 is 0 Å². The third-order valence-electron chi connectivity index (χ3n) is 6.88. The maximum Gasteiger partial charge on any atom is 0.303 e. The zero-order valence-corrected chi connectivity index (χ0v) is 25.1. The fourth-order valence-electron chi connectivity index (χ4n) is 4.66. The molecule has 226 valence electrons. The fourth-order valence-corrected chi connectivity index (χ4v) is 4.81. The summed E-state index contributed by atoms with van der Waals surface area (Å²) in [4.78, 5) is 20.1. The Balaban J connectivity index is 1.26. The molecule has 11 heteroatoms. The molecule has 0 saturated heterocycles. The molecule has 43 heavy (non-hydrogen) atoms. The number of hydrogen-bond donors (Lipinski definition) is 2. The van der Waals surface area contributed by atoms with E-state index in [1.54, 1.807) is 0 Å². The van der Waals surface area contributed by atoms with Crippen molar-refractivity contribution < 1.29 is 33.4 Å². The molecule has 0 bridgehead atoms. The van der Waals surface area contributed by atoms with Gasteiger partial charge in [0.25, 0.3) is 0 Å². The first-order valence-electron chi connectivity index (χ1n) is 14.1. The van der Waals surface area contributed by atoms with Crippen molar-refractivity contribution in [1.29, 1.82) is 0 Å². The van der Waals surface area contributed by atoms with Crippen LogP contribution in [0.5, 0.6) is 5.75 Å². The van der Waals surface area contributed by atoms with Gasteiger partial charge in [-0.05, 0) is 72.7 Å². The molecule has 0 unspecified atom stereocenters. The molecule has 2 aromatic heterocycles. The molecule has 10 nitrogen and oxygen atoms in total. The van der Waals surface area contributed by atoms with Crippen molar-refractivity contribution in [1.82, 2.24) is 9.97 Å². The van der Waals surface area contributed by atoms with Gasteiger partial charge in [0.05, 0.1) is 5.52 Å². The van der Waals surface area contributed by atoms with E-state index in [0.717, 1.165) is 51.6 Å². The number of anilines is 1. The summed E-state index contributed by atoms with van der Waals surface area (Å²) in [6.45, 7) is 5.00. The number of nitrogens with two attached hydrogens (primary N) is 1. The molecule has 4 rings (SSSR count). The van der Waals surface area contributed by atoms with Crippen LogP contribution in [0.15, 0.2) is 48.7 Å². The van der Waals surface area contributed by atoms with Gasteiger partial charge >= 0.3 is 89.3 Å². The third kappa shape index (κ3) is 9.89. The van der Waals surface area contributed by atoms with Crippen LogP contribution in [-0.4, -0.2) is 67.3 Å². The topological polar surface area (TPSA) is 143 Å². The number of hydrogen-bond acceptors (Lipinski definition) is 9. The second-order valence-corrected chi connectivity index (χ2v) is 10.4. The monoisotopic (exact) mass is 605 g/mol. The van der Waals surface area contributed by atoms with Crippen LogP contribution in [0.4, 0.5) is 5.82 Å². The third-order valence-corrected chi connectivity index (χ3v) is 7.13. The molecule has 0 spiro atoms. The molecule has 0 aliphatic carbocycles. The van der Waals surface area contributed by atoms with Crippen molar-refractivity contribution in [2.45, 2.75) is 32.6 Å². The minimum absolute atomic E-state index is 0.0691. The molecule has 0 saturated carbocycles. The van der Waals surface area contributed by atoms with E-state index in [-0.39, 0.29) is 20.9 Å². The molecule has 3 N–H and O–H groups in total. The van der Waals surface area contributed by atoms with Crippen LogP contribution in [0.3, 0.4) is 0 Å². The number of fused-ring (bicyclic) bond motifs is 3. The minimum atomic E-state index is -0.827. The van der Waals surface area contributed by atoms with E-state index in [1.165, 1.54) is 5.56 Å². The number of ether oxygens (including phenoxy) is 4. The van der Waals surface area contributed by atoms with Crippen LogP contribution in [0.25, 0.3) is 21.8 Å². The van der Waals surface area contributed by atoms with Gasteiger partial charge in [0.1, 0.15) is 11.3 Å². The van der Waals surface area contributed by atoms with Crippen LogP contribution < -0.4 is 10.5 Å². The van der Waals surface area contributed by atoms with Gasteiger partial charge in [0, 0.05) is 23.4 Å². The molecule has 2 aromatic carbocycles. The molecule has 0 amide bonds. The Labute approximate surface area is 251 Å². The Kier molecular flexibility index (Phi) is 12.5. The normalized spacial score (nSPS) is 11.1. The van der Waals surface area contributed by atoms with Gasteiger partial charge in [0.15, 0.2) is 5.82 Å². The quantitative estimate of drug-likeness (QED) is 0.0942. The summed E-state index contributed by atoms with van der Waals surface area (Å²) in [6, 6.07) is 14.1. The summed E-state index contributed by atoms with van der Waals surface area (Å²) in [5.74, 6) is 0.336. The number of carbonyl (C=O) groups is 1. The minimum Gasteiger partial charge on any atom is -0.481 e. The van der Waals surface area contributed by atoms with Crippen molar-refractivity contribution >= 4 is 41.5 Å². The molecule has 0 fully saturated rings. The van der Waals surface area contributed by atoms with Gasteiger partial charge in [-0.25, -0.2) is 4.98 Å². The van der Waals surface area contributed by atoms with Crippen molar-refractivity contribution in [3.8, 4) is 11.4 Å². The summed E-state index contributed by atoms with van der Waals surface area (Å²) in [5.41, 5.74) is 14.5. The molecule has 0 atom stereocenters. The number of aromatic nitrogens is 2. The van der Waals surface area contributed by atoms with Gasteiger partial charge in [-0.1, -0.05) is 18.2 Å². The Bertz CT molecular complexity index is 1660. The van der Waals surface area contributed by atoms with Crippen LogP contribution in [0.2, 0.25) is 0 Å². The molecule has 0 radical (unpaired) electrons. The van der Waals surface area contributed by atoms with Crippen molar-refractivity contribution in [2.24, 2.45) is 0 Å². The maximum atomic E-state index is 11.0. The summed E-state index contributed by atoms with van der Waals surface area (Å²) in [6.07, 6.45) is 4.02. The largest absolute Gasteiger partial charge is 0.481 e. The number of aliphatic carboxylic acids is 1. The van der Waals surface area contributed by atoms with E-state index in [9.17, 15) is 9.36 Å². The summed E-state index contributed by atoms with van der Waals surface area (Å²) in [7, 11) is -0.151. The standard InChI is InChI=1S/C32H36N3O7P/c1-22-18-26(42-15-14-40-11-10-39-12-13-41-16-17-43-38)7-6-25(22)5-2-24-19-28-27-8-3-23(4-9-30(36)37)20-29(27)35-32(33)31(28)34-21-24/h3,6-8,18-21H,2,4-5,9-16H2,1H3,(H2,33,35)(H,36,37). The van der Waals surface area contributed by atoms with Crippen LogP contribution in [0, 0.1) is 12.6 Å². The van der Waals surface area contributed by atoms with Gasteiger partial charge in [-0.15, -0.1) is 0 Å². The number of benzene rings is 2. The first kappa shape index (κ1) is 32.1. The average Bonchev–Trinajstić information content (AvgIpc) is 3.00. The van der Waals surface area contributed by atoms with Gasteiger partial charge in [0.2, 0.25) is 0 Å². The number of carboxylic acid groups (broad SMARTS) is 1. The summed E-state index contributed by atoms with van der Waals surface area (Å²) in [5, 5.41) is 10.9. The Morgan fingerprint density at radius 1 is 0.907 bits per heavy atom. The SMILES string of the molecule is Cc1cc(OCCOCCOCCOCC#P=O)ccc1CCc1cnc2c(N)nc3cc(CCC(=O)O)ccc3c2c1. The summed E-state index contributed by atoms with van der Waals surface area (Å²) < 4.78 is 32.1. The van der Waals surface area contributed by atoms with Crippen molar-refractivity contribution in [3.63, 3.8) is 0 Å². The molecular weight excluding hydrogens is 569 g/mol. The summed E-state index contributed by atoms with van der Waals surface area (Å²) >= 11 is 0. The maximum absolute atomic E-state index is 11.0. The zero-order valence-electron chi connectivity index (χ0n) is 24.2. The van der Waals surface area contributed by atoms with Gasteiger partial charge in [-0.3, -0.25) is 9.78 Å². The molecule has 4 aromatic rings. The van der Waals surface area contributed by atoms with Crippen molar-refractivity contribution in [2.75, 3.05) is 52.0 Å². The average molecular weight is 606 g/mol. The molecule has 0 aliphatic rings. The molecular formula is C32H36N3O7P. The number of nitrogen functional groups attached to an aromatic ring is 1. The number of carboxylic acids is 1. The first-order chi connectivity index (χ1) is 20.9. The van der Waals surface area contributed by atoms with E-state index in [2.05, 4.69) is 34.7 Å². The molecule has 2 heterocycles. The van der Waals surface area contributed by atoms with Crippen LogP contribution in [0.1, 0.15) is 28.7 Å². The predicted molar refractivity (Wildman–Crippen MR) is 165 cm³/mol. The van der Waals surface area contributed by atoms with Gasteiger partial charge in [-0.2, -0.15) is 0 Å². The number of aryl methyl sites for hydroxylation is 4. The second kappa shape index (κ2) is 16.8. The smallest absolute Gasteiger partial charge is 0.303 e. The van der Waals surface area contributed by atoms with Crippen molar-refractivity contribution in [3.05, 3.63) is 70.9 Å². The van der Waals surface area contributed by atoms with Crippen LogP contribution in [-0.2, 0) is 42.8 Å². The predicted octanol–water partition coefficient (Wildman–Crippen LogP) is 5.16. The second-order valence-electron chi connectivity index (χ2n) is 9.95. The van der Waals surface area contributed by atoms with Gasteiger partial charge < -0.3 is 10.8 Å². The molecule has 0 aliphatic heterocycles. The van der Waals surface area contributed by atoms with E-state index < -0.39 is 5.97 Å². The van der Waals surface area contributed by atoms with Crippen LogP contribution >= 0.6 is 7.92 Å². The van der Waals surface area contributed by atoms with E-state index in [0.29, 0.717) is 57.4 Å². The Hall–Kier alpha value is -3.78. The Morgan fingerprint density at radius 3 is 2.42 bits per heavy atom. The van der Waals surface area contributed by atoms with E-state index in [1.807, 2.05) is 36.5 Å². The number of pyridine rings is 2. The number of rotatable bonds is 17. The fraction of sp³-hybridized carbons (Fsp3) is 0.375. The van der Waals surface area contributed by atoms with E-state index in [4.69, 9.17) is 29.8 Å².